The predicted octanol–water partition coefficient (Wildman–Crippen LogP) is 2.84. The molecule has 1 aromatic heterocycles. The van der Waals surface area contributed by atoms with Gasteiger partial charge in [-0.2, -0.15) is 0 Å². The van der Waals surface area contributed by atoms with Crippen LogP contribution in [0.25, 0.3) is 0 Å². The van der Waals surface area contributed by atoms with Crippen LogP contribution in [0.15, 0.2) is 17.3 Å². The minimum absolute atomic E-state index is 0.125. The zero-order valence-electron chi connectivity index (χ0n) is 13.8. The van der Waals surface area contributed by atoms with E-state index in [1.54, 1.807) is 17.1 Å². The van der Waals surface area contributed by atoms with Crippen LogP contribution < -0.4 is 5.56 Å². The van der Waals surface area contributed by atoms with E-state index < -0.39 is 0 Å². The highest BCUT2D eigenvalue weighted by atomic mass is 16.1. The summed E-state index contributed by atoms with van der Waals surface area (Å²) in [5, 5.41) is 0. The number of piperidine rings is 1. The Bertz CT molecular complexity index is 525. The lowest BCUT2D eigenvalue weighted by Crippen LogP contribution is -2.39. The van der Waals surface area contributed by atoms with Gasteiger partial charge in [0.15, 0.2) is 0 Å². The quantitative estimate of drug-likeness (QED) is 0.858. The van der Waals surface area contributed by atoms with E-state index >= 15 is 0 Å². The number of hydrogen-bond donors (Lipinski definition) is 0. The first-order valence-electron chi connectivity index (χ1n) is 8.96. The monoisotopic (exact) mass is 303 g/mol. The normalized spacial score (nSPS) is 22.0. The van der Waals surface area contributed by atoms with Crippen LogP contribution in [-0.2, 0) is 6.54 Å². The van der Waals surface area contributed by atoms with Gasteiger partial charge in [-0.15, -0.1) is 0 Å². The van der Waals surface area contributed by atoms with Crippen LogP contribution in [0.3, 0.4) is 0 Å². The molecule has 0 spiro atoms. The molecule has 1 aliphatic carbocycles. The van der Waals surface area contributed by atoms with Gasteiger partial charge in [0.25, 0.3) is 5.56 Å². The number of nitrogens with zero attached hydrogens (tertiary/aromatic N) is 3. The Morgan fingerprint density at radius 1 is 1.05 bits per heavy atom. The molecule has 22 heavy (non-hydrogen) atoms. The summed E-state index contributed by atoms with van der Waals surface area (Å²) in [5.74, 6) is 1.57. The highest BCUT2D eigenvalue weighted by Gasteiger charge is 2.23. The number of aromatic nitrogens is 2. The van der Waals surface area contributed by atoms with Crippen molar-refractivity contribution in [3.63, 3.8) is 0 Å². The fraction of sp³-hybridized carbons (Fsp3) is 0.778. The van der Waals surface area contributed by atoms with E-state index in [2.05, 4.69) is 9.88 Å². The topological polar surface area (TPSA) is 38.1 Å². The Balaban J connectivity index is 1.47. The molecule has 1 saturated heterocycles. The van der Waals surface area contributed by atoms with Crippen molar-refractivity contribution < 1.29 is 0 Å². The lowest BCUT2D eigenvalue weighted by molar-refractivity contribution is 0.138. The molecule has 4 heteroatoms. The highest BCUT2D eigenvalue weighted by Crippen LogP contribution is 2.26. The SMILES string of the molecule is Cc1cncn(CC2CCN(CC3CCCCC3)CC2)c1=O. The Kier molecular flexibility index (Phi) is 5.29. The van der Waals surface area contributed by atoms with Gasteiger partial charge in [0.05, 0.1) is 6.33 Å². The van der Waals surface area contributed by atoms with Crippen LogP contribution in [0.4, 0.5) is 0 Å². The summed E-state index contributed by atoms with van der Waals surface area (Å²) in [6.45, 7) is 6.40. The summed E-state index contributed by atoms with van der Waals surface area (Å²) in [7, 11) is 0. The Hall–Kier alpha value is -1.16. The van der Waals surface area contributed by atoms with E-state index in [9.17, 15) is 4.79 Å². The fourth-order valence-electron chi connectivity index (χ4n) is 4.05. The maximum Gasteiger partial charge on any atom is 0.256 e. The third-order valence-corrected chi connectivity index (χ3v) is 5.48. The van der Waals surface area contributed by atoms with E-state index in [4.69, 9.17) is 0 Å². The van der Waals surface area contributed by atoms with Crippen molar-refractivity contribution in [2.24, 2.45) is 11.8 Å². The van der Waals surface area contributed by atoms with Crippen LogP contribution >= 0.6 is 0 Å². The number of hydrogen-bond acceptors (Lipinski definition) is 3. The van der Waals surface area contributed by atoms with E-state index in [0.717, 1.165) is 18.0 Å². The number of rotatable bonds is 4. The van der Waals surface area contributed by atoms with E-state index in [0.29, 0.717) is 5.92 Å². The first-order valence-corrected chi connectivity index (χ1v) is 8.96. The molecule has 0 N–H and O–H groups in total. The molecule has 2 aliphatic rings. The maximum atomic E-state index is 12.1. The van der Waals surface area contributed by atoms with Crippen LogP contribution in [0, 0.1) is 18.8 Å². The van der Waals surface area contributed by atoms with Gasteiger partial charge in [0, 0.05) is 24.8 Å². The molecule has 0 bridgehead atoms. The second kappa shape index (κ2) is 7.40. The minimum Gasteiger partial charge on any atom is -0.303 e. The summed E-state index contributed by atoms with van der Waals surface area (Å²) in [6.07, 6.45) is 13.0. The van der Waals surface area contributed by atoms with Crippen LogP contribution in [-0.4, -0.2) is 34.1 Å². The minimum atomic E-state index is 0.125. The molecule has 0 radical (unpaired) electrons. The van der Waals surface area contributed by atoms with Crippen LogP contribution in [0.2, 0.25) is 0 Å². The van der Waals surface area contributed by atoms with Crippen molar-refractivity contribution in [1.29, 1.82) is 0 Å². The van der Waals surface area contributed by atoms with E-state index in [-0.39, 0.29) is 5.56 Å². The first-order chi connectivity index (χ1) is 10.7. The molecule has 1 saturated carbocycles. The molecule has 1 aromatic rings. The van der Waals surface area contributed by atoms with Gasteiger partial charge >= 0.3 is 0 Å². The Morgan fingerprint density at radius 2 is 1.73 bits per heavy atom. The smallest absolute Gasteiger partial charge is 0.256 e. The lowest BCUT2D eigenvalue weighted by Gasteiger charge is -2.35. The third kappa shape index (κ3) is 3.97. The number of likely N-dealkylation sites (tertiary alicyclic amines) is 1. The van der Waals surface area contributed by atoms with Gasteiger partial charge in [-0.3, -0.25) is 9.36 Å². The molecular formula is C18H29N3O. The molecule has 0 unspecified atom stereocenters. The zero-order chi connectivity index (χ0) is 15.4. The molecule has 1 aliphatic heterocycles. The molecule has 3 rings (SSSR count). The molecule has 4 nitrogen and oxygen atoms in total. The van der Waals surface area contributed by atoms with Crippen molar-refractivity contribution in [3.05, 3.63) is 28.4 Å². The predicted molar refractivity (Wildman–Crippen MR) is 89.0 cm³/mol. The van der Waals surface area contributed by atoms with Crippen molar-refractivity contribution >= 4 is 0 Å². The molecule has 122 valence electrons. The van der Waals surface area contributed by atoms with Crippen molar-refractivity contribution in [2.45, 2.75) is 58.4 Å². The fourth-order valence-corrected chi connectivity index (χ4v) is 4.05. The molecule has 0 atom stereocenters. The molecule has 0 aromatic carbocycles. The van der Waals surface area contributed by atoms with Gasteiger partial charge < -0.3 is 4.90 Å². The van der Waals surface area contributed by atoms with Gasteiger partial charge in [0.1, 0.15) is 0 Å². The van der Waals surface area contributed by atoms with Gasteiger partial charge in [-0.1, -0.05) is 19.3 Å². The summed E-state index contributed by atoms with van der Waals surface area (Å²) < 4.78 is 1.80. The largest absolute Gasteiger partial charge is 0.303 e. The molecule has 2 fully saturated rings. The Morgan fingerprint density at radius 3 is 2.45 bits per heavy atom. The van der Waals surface area contributed by atoms with E-state index in [1.807, 2.05) is 6.92 Å². The first kappa shape index (κ1) is 15.7. The van der Waals surface area contributed by atoms with Crippen molar-refractivity contribution in [1.82, 2.24) is 14.5 Å². The maximum absolute atomic E-state index is 12.1. The van der Waals surface area contributed by atoms with Gasteiger partial charge in [0.2, 0.25) is 0 Å². The van der Waals surface area contributed by atoms with Crippen molar-refractivity contribution in [2.75, 3.05) is 19.6 Å². The average molecular weight is 303 g/mol. The standard InChI is InChI=1S/C18H29N3O/c1-15-11-19-14-21(18(15)22)13-17-7-9-20(10-8-17)12-16-5-3-2-4-6-16/h11,14,16-17H,2-10,12-13H2,1H3. The summed E-state index contributed by atoms with van der Waals surface area (Å²) in [5.41, 5.74) is 0.872. The Labute approximate surface area is 133 Å². The third-order valence-electron chi connectivity index (χ3n) is 5.48. The number of aryl methyl sites for hydroxylation is 1. The molecule has 0 amide bonds. The second-order valence-corrected chi connectivity index (χ2v) is 7.28. The van der Waals surface area contributed by atoms with Crippen LogP contribution in [0.1, 0.15) is 50.5 Å². The second-order valence-electron chi connectivity index (χ2n) is 7.28. The zero-order valence-corrected chi connectivity index (χ0v) is 13.8. The molecular weight excluding hydrogens is 274 g/mol. The highest BCUT2D eigenvalue weighted by molar-refractivity contribution is 5.00. The average Bonchev–Trinajstić information content (AvgIpc) is 2.55. The van der Waals surface area contributed by atoms with Gasteiger partial charge in [-0.25, -0.2) is 4.98 Å². The van der Waals surface area contributed by atoms with Gasteiger partial charge in [-0.05, 0) is 57.5 Å². The lowest BCUT2D eigenvalue weighted by atomic mass is 9.88. The van der Waals surface area contributed by atoms with Crippen LogP contribution in [0.5, 0.6) is 0 Å². The molecule has 2 heterocycles. The summed E-state index contributed by atoms with van der Waals surface area (Å²) in [6, 6.07) is 0. The van der Waals surface area contributed by atoms with Crippen molar-refractivity contribution in [3.8, 4) is 0 Å². The van der Waals surface area contributed by atoms with E-state index in [1.165, 1.54) is 64.6 Å². The summed E-state index contributed by atoms with van der Waals surface area (Å²) >= 11 is 0. The summed E-state index contributed by atoms with van der Waals surface area (Å²) in [4.78, 5) is 18.9.